The molecule has 1 aromatic heterocycles. The summed E-state index contributed by atoms with van der Waals surface area (Å²) < 4.78 is 0. The Labute approximate surface area is 108 Å². The van der Waals surface area contributed by atoms with Gasteiger partial charge in [0.25, 0.3) is 0 Å². The molecule has 0 aliphatic carbocycles. The average Bonchev–Trinajstić information content (AvgIpc) is 2.24. The Morgan fingerprint density at radius 2 is 1.94 bits per heavy atom. The molecule has 0 fully saturated rings. The van der Waals surface area contributed by atoms with Gasteiger partial charge in [-0.3, -0.25) is 0 Å². The first-order valence-electron chi connectivity index (χ1n) is 4.50. The molecule has 2 N–H and O–H groups in total. The number of hydrogen-bond donors (Lipinski definition) is 1. The maximum atomic E-state index is 5.89. The Balaban J connectivity index is 2.30. The van der Waals surface area contributed by atoms with Crippen LogP contribution in [-0.4, -0.2) is 4.98 Å². The summed E-state index contributed by atoms with van der Waals surface area (Å²) in [6.45, 7) is 0. The van der Waals surface area contributed by atoms with Crippen LogP contribution in [0.3, 0.4) is 0 Å². The monoisotopic (exact) mass is 270 g/mol. The van der Waals surface area contributed by atoms with Crippen LogP contribution < -0.4 is 5.73 Å². The topological polar surface area (TPSA) is 38.9 Å². The Morgan fingerprint density at radius 3 is 2.69 bits per heavy atom. The molecule has 16 heavy (non-hydrogen) atoms. The third-order valence-electron chi connectivity index (χ3n) is 1.87. The third-order valence-corrected chi connectivity index (χ3v) is 3.32. The number of nitrogen functional groups attached to an aromatic ring is 1. The van der Waals surface area contributed by atoms with Crippen molar-refractivity contribution in [3.05, 3.63) is 46.6 Å². The summed E-state index contributed by atoms with van der Waals surface area (Å²) in [6, 6.07) is 10.9. The van der Waals surface area contributed by atoms with Gasteiger partial charge in [0.05, 0.1) is 5.69 Å². The first-order chi connectivity index (χ1) is 7.65. The van der Waals surface area contributed by atoms with Crippen LogP contribution in [0.4, 0.5) is 5.69 Å². The molecule has 2 nitrogen and oxygen atoms in total. The third kappa shape index (κ3) is 2.82. The van der Waals surface area contributed by atoms with Crippen molar-refractivity contribution in [2.45, 2.75) is 9.92 Å². The molecule has 5 heteroatoms. The van der Waals surface area contributed by atoms with Gasteiger partial charge in [-0.1, -0.05) is 41.0 Å². The summed E-state index contributed by atoms with van der Waals surface area (Å²) >= 11 is 13.1. The maximum Gasteiger partial charge on any atom is 0.130 e. The van der Waals surface area contributed by atoms with E-state index in [4.69, 9.17) is 28.9 Å². The van der Waals surface area contributed by atoms with E-state index in [1.54, 1.807) is 12.1 Å². The molecule has 2 aromatic rings. The molecule has 1 aromatic carbocycles. The van der Waals surface area contributed by atoms with Gasteiger partial charge in [-0.15, -0.1) is 0 Å². The van der Waals surface area contributed by atoms with Crippen molar-refractivity contribution < 1.29 is 0 Å². The second kappa shape index (κ2) is 4.95. The van der Waals surface area contributed by atoms with E-state index in [1.165, 1.54) is 11.8 Å². The number of nitrogens with two attached hydrogens (primary N) is 1. The quantitative estimate of drug-likeness (QED) is 0.835. The van der Waals surface area contributed by atoms with Gasteiger partial charge in [-0.25, -0.2) is 4.98 Å². The number of hydrogen-bond acceptors (Lipinski definition) is 3. The Hall–Kier alpha value is -0.900. The zero-order valence-electron chi connectivity index (χ0n) is 8.15. The lowest BCUT2D eigenvalue weighted by Gasteiger charge is -2.04. The second-order valence-electron chi connectivity index (χ2n) is 3.09. The number of aromatic nitrogens is 1. The van der Waals surface area contributed by atoms with Crippen LogP contribution in [0, 0.1) is 0 Å². The molecule has 0 bridgehead atoms. The van der Waals surface area contributed by atoms with Gasteiger partial charge in [0, 0.05) is 9.92 Å². The number of rotatable bonds is 2. The highest BCUT2D eigenvalue weighted by molar-refractivity contribution is 7.99. The molecule has 0 radical (unpaired) electrons. The molecule has 0 saturated carbocycles. The Bertz CT molecular complexity index is 517. The Morgan fingerprint density at radius 1 is 1.12 bits per heavy atom. The van der Waals surface area contributed by atoms with E-state index in [-0.39, 0.29) is 0 Å². The van der Waals surface area contributed by atoms with Gasteiger partial charge in [0.1, 0.15) is 10.2 Å². The van der Waals surface area contributed by atoms with E-state index < -0.39 is 0 Å². The van der Waals surface area contributed by atoms with Gasteiger partial charge in [-0.05, 0) is 30.3 Å². The van der Waals surface area contributed by atoms with Gasteiger partial charge in [0.15, 0.2) is 0 Å². The van der Waals surface area contributed by atoms with Gasteiger partial charge in [-0.2, -0.15) is 0 Å². The largest absolute Gasteiger partial charge is 0.397 e. The minimum Gasteiger partial charge on any atom is -0.397 e. The summed E-state index contributed by atoms with van der Waals surface area (Å²) in [4.78, 5) is 5.14. The minimum atomic E-state index is 0.429. The lowest BCUT2D eigenvalue weighted by atomic mass is 10.4. The summed E-state index contributed by atoms with van der Waals surface area (Å²) in [5, 5.41) is 1.80. The molecule has 0 atom stereocenters. The molecular formula is C11H8Cl2N2S. The molecule has 0 saturated heterocycles. The zero-order valence-corrected chi connectivity index (χ0v) is 10.5. The second-order valence-corrected chi connectivity index (χ2v) is 4.97. The first-order valence-corrected chi connectivity index (χ1v) is 6.08. The smallest absolute Gasteiger partial charge is 0.130 e. The normalized spacial score (nSPS) is 10.4. The predicted molar refractivity (Wildman–Crippen MR) is 69.2 cm³/mol. The van der Waals surface area contributed by atoms with Crippen LogP contribution in [0.1, 0.15) is 0 Å². The fourth-order valence-corrected chi connectivity index (χ4v) is 2.49. The fourth-order valence-electron chi connectivity index (χ4n) is 1.15. The van der Waals surface area contributed by atoms with Gasteiger partial charge in [0.2, 0.25) is 0 Å². The molecule has 82 valence electrons. The number of pyridine rings is 1. The number of anilines is 1. The van der Waals surface area contributed by atoms with Gasteiger partial charge < -0.3 is 5.73 Å². The van der Waals surface area contributed by atoms with Crippen molar-refractivity contribution in [2.24, 2.45) is 0 Å². The van der Waals surface area contributed by atoms with Gasteiger partial charge >= 0.3 is 0 Å². The molecular weight excluding hydrogens is 263 g/mol. The maximum absolute atomic E-state index is 5.89. The standard InChI is InChI=1S/C11H8Cl2N2S/c12-7-2-1-3-8(6-7)16-11-9(14)4-5-10(13)15-11/h1-6H,14H2. The molecule has 0 amide bonds. The molecule has 0 aliphatic rings. The predicted octanol–water partition coefficient (Wildman–Crippen LogP) is 4.12. The summed E-state index contributed by atoms with van der Waals surface area (Å²) in [7, 11) is 0. The highest BCUT2D eigenvalue weighted by Gasteiger charge is 2.04. The van der Waals surface area contributed by atoms with E-state index in [9.17, 15) is 0 Å². The van der Waals surface area contributed by atoms with Crippen LogP contribution in [-0.2, 0) is 0 Å². The molecule has 2 rings (SSSR count). The molecule has 0 spiro atoms. The lowest BCUT2D eigenvalue weighted by molar-refractivity contribution is 1.14. The molecule has 0 unspecified atom stereocenters. The van der Waals surface area contributed by atoms with Crippen LogP contribution in [0.15, 0.2) is 46.3 Å². The fraction of sp³-hybridized carbons (Fsp3) is 0. The number of benzene rings is 1. The number of nitrogens with zero attached hydrogens (tertiary/aromatic N) is 1. The van der Waals surface area contributed by atoms with Crippen molar-refractivity contribution in [2.75, 3.05) is 5.73 Å². The summed E-state index contributed by atoms with van der Waals surface area (Å²) in [6.07, 6.45) is 0. The van der Waals surface area contributed by atoms with E-state index >= 15 is 0 Å². The summed E-state index contributed by atoms with van der Waals surface area (Å²) in [5.41, 5.74) is 6.41. The Kier molecular flexibility index (Phi) is 3.59. The highest BCUT2D eigenvalue weighted by Crippen LogP contribution is 2.32. The van der Waals surface area contributed by atoms with Crippen LogP contribution in [0.25, 0.3) is 0 Å². The lowest BCUT2D eigenvalue weighted by Crippen LogP contribution is -1.91. The number of halogens is 2. The van der Waals surface area contributed by atoms with Crippen LogP contribution in [0.2, 0.25) is 10.2 Å². The van der Waals surface area contributed by atoms with Crippen molar-refractivity contribution in [1.82, 2.24) is 4.98 Å². The van der Waals surface area contributed by atoms with Crippen LogP contribution >= 0.6 is 35.0 Å². The van der Waals surface area contributed by atoms with E-state index in [1.807, 2.05) is 24.3 Å². The zero-order chi connectivity index (χ0) is 11.5. The molecule has 1 heterocycles. The summed E-state index contributed by atoms with van der Waals surface area (Å²) in [5.74, 6) is 0. The average molecular weight is 271 g/mol. The van der Waals surface area contributed by atoms with Crippen molar-refractivity contribution in [1.29, 1.82) is 0 Å². The minimum absolute atomic E-state index is 0.429. The highest BCUT2D eigenvalue weighted by atomic mass is 35.5. The van der Waals surface area contributed by atoms with E-state index in [0.717, 1.165) is 4.90 Å². The van der Waals surface area contributed by atoms with E-state index in [0.29, 0.717) is 20.9 Å². The van der Waals surface area contributed by atoms with Crippen molar-refractivity contribution in [3.63, 3.8) is 0 Å². The first kappa shape index (κ1) is 11.6. The van der Waals surface area contributed by atoms with Crippen molar-refractivity contribution in [3.8, 4) is 0 Å². The van der Waals surface area contributed by atoms with Crippen LogP contribution in [0.5, 0.6) is 0 Å². The van der Waals surface area contributed by atoms with E-state index in [2.05, 4.69) is 4.98 Å². The SMILES string of the molecule is Nc1ccc(Cl)nc1Sc1cccc(Cl)c1. The molecule has 0 aliphatic heterocycles. The van der Waals surface area contributed by atoms with Crippen molar-refractivity contribution >= 4 is 40.7 Å².